The van der Waals surface area contributed by atoms with E-state index in [4.69, 9.17) is 5.11 Å². The second-order valence-corrected chi connectivity index (χ2v) is 6.13. The lowest BCUT2D eigenvalue weighted by molar-refractivity contribution is -0.152. The molecule has 0 spiro atoms. The molecule has 2 aliphatic rings. The van der Waals surface area contributed by atoms with Crippen molar-refractivity contribution in [1.82, 2.24) is 5.32 Å². The predicted molar refractivity (Wildman–Crippen MR) is 68.1 cm³/mol. The lowest BCUT2D eigenvalue weighted by Crippen LogP contribution is -2.59. The molecule has 2 saturated carbocycles. The van der Waals surface area contributed by atoms with Gasteiger partial charge < -0.3 is 10.4 Å². The number of aliphatic carboxylic acids is 1. The maximum absolute atomic E-state index is 12.0. The number of amides is 1. The Hall–Kier alpha value is -1.06. The van der Waals surface area contributed by atoms with Crippen molar-refractivity contribution >= 4 is 11.9 Å². The number of nitrogens with one attached hydrogen (secondary N) is 1. The summed E-state index contributed by atoms with van der Waals surface area (Å²) in [5, 5.41) is 11.9. The summed E-state index contributed by atoms with van der Waals surface area (Å²) < 4.78 is 0. The molecule has 2 unspecified atom stereocenters. The molecule has 2 N–H and O–H groups in total. The van der Waals surface area contributed by atoms with E-state index >= 15 is 0 Å². The summed E-state index contributed by atoms with van der Waals surface area (Å²) in [6.45, 7) is 2.23. The highest BCUT2D eigenvalue weighted by atomic mass is 16.4. The van der Waals surface area contributed by atoms with E-state index in [9.17, 15) is 9.59 Å². The second kappa shape index (κ2) is 5.29. The van der Waals surface area contributed by atoms with Crippen molar-refractivity contribution in [3.63, 3.8) is 0 Å². The third-order valence-electron chi connectivity index (χ3n) is 4.51. The first-order valence-corrected chi connectivity index (χ1v) is 7.06. The third-order valence-corrected chi connectivity index (χ3v) is 4.51. The van der Waals surface area contributed by atoms with Gasteiger partial charge in [0.1, 0.15) is 5.54 Å². The Morgan fingerprint density at radius 1 is 1.28 bits per heavy atom. The Labute approximate surface area is 108 Å². The Bertz CT molecular complexity index is 336. The number of carboxylic acid groups (broad SMARTS) is 1. The number of carbonyl (C=O) groups is 2. The molecule has 4 heteroatoms. The molecule has 2 aliphatic carbocycles. The maximum Gasteiger partial charge on any atom is 0.329 e. The average molecular weight is 253 g/mol. The molecule has 0 radical (unpaired) electrons. The summed E-state index contributed by atoms with van der Waals surface area (Å²) in [6.07, 6.45) is 7.22. The van der Waals surface area contributed by atoms with Crippen LogP contribution in [0, 0.1) is 11.8 Å². The number of hydrogen-bond donors (Lipinski definition) is 2. The first kappa shape index (κ1) is 13.4. The fraction of sp³-hybridized carbons (Fsp3) is 0.857. The standard InChI is InChI=1S/C14H23NO3/c1-10-4-2-5-11(8-10)9-12(16)15-14(13(17)18)6-3-7-14/h10-11H,2-9H2,1H3,(H,15,16)(H,17,18). The molecule has 4 nitrogen and oxygen atoms in total. The van der Waals surface area contributed by atoms with Gasteiger partial charge in [0.2, 0.25) is 5.91 Å². The van der Waals surface area contributed by atoms with Crippen molar-refractivity contribution in [3.8, 4) is 0 Å². The molecule has 0 aromatic carbocycles. The molecule has 2 fully saturated rings. The Morgan fingerprint density at radius 3 is 2.50 bits per heavy atom. The number of rotatable bonds is 4. The van der Waals surface area contributed by atoms with E-state index in [1.807, 2.05) is 0 Å². The molecule has 1 amide bonds. The molecular weight excluding hydrogens is 230 g/mol. The van der Waals surface area contributed by atoms with Gasteiger partial charge in [-0.05, 0) is 43.9 Å². The van der Waals surface area contributed by atoms with Crippen LogP contribution in [-0.2, 0) is 9.59 Å². The topological polar surface area (TPSA) is 66.4 Å². The fourth-order valence-electron chi connectivity index (χ4n) is 3.25. The molecular formula is C14H23NO3. The van der Waals surface area contributed by atoms with Crippen LogP contribution in [0.4, 0.5) is 0 Å². The zero-order chi connectivity index (χ0) is 13.2. The fourth-order valence-corrected chi connectivity index (χ4v) is 3.25. The Morgan fingerprint density at radius 2 is 2.00 bits per heavy atom. The Kier molecular flexibility index (Phi) is 3.93. The largest absolute Gasteiger partial charge is 0.480 e. The minimum Gasteiger partial charge on any atom is -0.480 e. The molecule has 0 heterocycles. The van der Waals surface area contributed by atoms with Crippen LogP contribution in [0.3, 0.4) is 0 Å². The van der Waals surface area contributed by atoms with Gasteiger partial charge in [0.25, 0.3) is 0 Å². The Balaban J connectivity index is 1.83. The van der Waals surface area contributed by atoms with Crippen LogP contribution in [0.25, 0.3) is 0 Å². The molecule has 102 valence electrons. The van der Waals surface area contributed by atoms with Gasteiger partial charge in [0.05, 0.1) is 0 Å². The second-order valence-electron chi connectivity index (χ2n) is 6.13. The van der Waals surface area contributed by atoms with Crippen molar-refractivity contribution in [1.29, 1.82) is 0 Å². The minimum absolute atomic E-state index is 0.0730. The summed E-state index contributed by atoms with van der Waals surface area (Å²) in [5.41, 5.74) is -0.947. The zero-order valence-electron chi connectivity index (χ0n) is 11.1. The monoisotopic (exact) mass is 253 g/mol. The van der Waals surface area contributed by atoms with Crippen molar-refractivity contribution in [3.05, 3.63) is 0 Å². The van der Waals surface area contributed by atoms with E-state index in [1.54, 1.807) is 0 Å². The highest BCUT2D eigenvalue weighted by Gasteiger charge is 2.45. The zero-order valence-corrected chi connectivity index (χ0v) is 11.1. The van der Waals surface area contributed by atoms with Crippen molar-refractivity contribution in [2.75, 3.05) is 0 Å². The van der Waals surface area contributed by atoms with E-state index in [0.29, 0.717) is 31.1 Å². The lowest BCUT2D eigenvalue weighted by atomic mass is 9.76. The quantitative estimate of drug-likeness (QED) is 0.808. The van der Waals surface area contributed by atoms with Crippen molar-refractivity contribution in [2.24, 2.45) is 11.8 Å². The van der Waals surface area contributed by atoms with Crippen LogP contribution in [0.5, 0.6) is 0 Å². The van der Waals surface area contributed by atoms with Crippen LogP contribution in [0.15, 0.2) is 0 Å². The predicted octanol–water partition coefficient (Wildman–Crippen LogP) is 2.33. The molecule has 2 rings (SSSR count). The van der Waals surface area contributed by atoms with E-state index in [1.165, 1.54) is 12.8 Å². The van der Waals surface area contributed by atoms with E-state index in [0.717, 1.165) is 19.3 Å². The van der Waals surface area contributed by atoms with Gasteiger partial charge in [0, 0.05) is 6.42 Å². The van der Waals surface area contributed by atoms with Gasteiger partial charge in [-0.3, -0.25) is 4.79 Å². The summed E-state index contributed by atoms with van der Waals surface area (Å²) in [4.78, 5) is 23.1. The maximum atomic E-state index is 12.0. The van der Waals surface area contributed by atoms with Gasteiger partial charge in [-0.15, -0.1) is 0 Å². The van der Waals surface area contributed by atoms with Gasteiger partial charge >= 0.3 is 5.97 Å². The SMILES string of the molecule is CC1CCCC(CC(=O)NC2(C(=O)O)CCC2)C1. The van der Waals surface area contributed by atoms with Gasteiger partial charge in [-0.25, -0.2) is 4.79 Å². The van der Waals surface area contributed by atoms with E-state index in [-0.39, 0.29) is 5.91 Å². The highest BCUT2D eigenvalue weighted by Crippen LogP contribution is 2.34. The van der Waals surface area contributed by atoms with E-state index in [2.05, 4.69) is 12.2 Å². The van der Waals surface area contributed by atoms with Gasteiger partial charge in [-0.2, -0.15) is 0 Å². The molecule has 0 aliphatic heterocycles. The van der Waals surface area contributed by atoms with Gasteiger partial charge in [-0.1, -0.05) is 19.8 Å². The summed E-state index contributed by atoms with van der Waals surface area (Å²) in [6, 6.07) is 0. The van der Waals surface area contributed by atoms with Crippen LogP contribution in [0.1, 0.15) is 58.3 Å². The van der Waals surface area contributed by atoms with Crippen LogP contribution < -0.4 is 5.32 Å². The lowest BCUT2D eigenvalue weighted by Gasteiger charge is -2.38. The van der Waals surface area contributed by atoms with Crippen molar-refractivity contribution < 1.29 is 14.7 Å². The molecule has 0 aromatic heterocycles. The summed E-state index contributed by atoms with van der Waals surface area (Å²) in [7, 11) is 0. The molecule has 2 atom stereocenters. The average Bonchev–Trinajstić information content (AvgIpc) is 2.23. The molecule has 0 saturated heterocycles. The van der Waals surface area contributed by atoms with E-state index < -0.39 is 11.5 Å². The van der Waals surface area contributed by atoms with Crippen LogP contribution >= 0.6 is 0 Å². The van der Waals surface area contributed by atoms with Crippen molar-refractivity contribution in [2.45, 2.75) is 63.8 Å². The third kappa shape index (κ3) is 2.85. The number of carboxylic acids is 1. The number of carbonyl (C=O) groups excluding carboxylic acids is 1. The normalized spacial score (nSPS) is 30.3. The van der Waals surface area contributed by atoms with Crippen LogP contribution in [0.2, 0.25) is 0 Å². The minimum atomic E-state index is -0.947. The first-order valence-electron chi connectivity index (χ1n) is 7.06. The molecule has 18 heavy (non-hydrogen) atoms. The summed E-state index contributed by atoms with van der Waals surface area (Å²) in [5.74, 6) is 0.198. The first-order chi connectivity index (χ1) is 8.52. The molecule has 0 aromatic rings. The highest BCUT2D eigenvalue weighted by molar-refractivity contribution is 5.87. The van der Waals surface area contributed by atoms with Gasteiger partial charge in [0.15, 0.2) is 0 Å². The smallest absolute Gasteiger partial charge is 0.329 e. The van der Waals surface area contributed by atoms with Crippen LogP contribution in [-0.4, -0.2) is 22.5 Å². The molecule has 0 bridgehead atoms. The number of hydrogen-bond acceptors (Lipinski definition) is 2. The summed E-state index contributed by atoms with van der Waals surface area (Å²) >= 11 is 0.